The molecule has 3 atom stereocenters. The highest BCUT2D eigenvalue weighted by Crippen LogP contribution is 2.32. The van der Waals surface area contributed by atoms with E-state index in [-0.39, 0.29) is 17.6 Å². The molecule has 3 unspecified atom stereocenters. The largest absolute Gasteiger partial charge is 0.508 e. The van der Waals surface area contributed by atoms with Crippen molar-refractivity contribution in [3.63, 3.8) is 0 Å². The number of halogens is 1. The zero-order valence-corrected chi connectivity index (χ0v) is 12.3. The Morgan fingerprint density at radius 1 is 1.47 bits per heavy atom. The molecule has 0 heterocycles. The summed E-state index contributed by atoms with van der Waals surface area (Å²) in [5, 5.41) is 13.4. The average molecular weight is 283 g/mol. The summed E-state index contributed by atoms with van der Waals surface area (Å²) >= 11 is 1.99. The molecule has 1 aromatic rings. The first-order chi connectivity index (χ1) is 9.11. The molecule has 0 radical (unpaired) electrons. The molecule has 1 fully saturated rings. The first-order valence-corrected chi connectivity index (χ1v) is 8.02. The molecule has 1 saturated carbocycles. The van der Waals surface area contributed by atoms with Crippen molar-refractivity contribution in [3.8, 4) is 5.75 Å². The van der Waals surface area contributed by atoms with E-state index in [0.717, 1.165) is 5.75 Å². The van der Waals surface area contributed by atoms with E-state index in [2.05, 4.69) is 12.2 Å². The Bertz CT molecular complexity index is 427. The summed E-state index contributed by atoms with van der Waals surface area (Å²) in [6, 6.07) is 4.83. The molecule has 0 saturated heterocycles. The van der Waals surface area contributed by atoms with Gasteiger partial charge in [0.05, 0.1) is 0 Å². The summed E-state index contributed by atoms with van der Waals surface area (Å²) in [5.74, 6) is 0.775. The second-order valence-corrected chi connectivity index (χ2v) is 6.64. The van der Waals surface area contributed by atoms with Gasteiger partial charge in [0, 0.05) is 29.0 Å². The van der Waals surface area contributed by atoms with E-state index < -0.39 is 0 Å². The van der Waals surface area contributed by atoms with Crippen molar-refractivity contribution in [2.75, 3.05) is 5.75 Å². The zero-order valence-electron chi connectivity index (χ0n) is 11.5. The number of nitrogens with one attached hydrogen (secondary N) is 1. The standard InChI is InChI=1S/C15H22FNOS/c1-3-19-15-6-4-5-14(15)17-10(2)12-8-7-11(18)9-13(12)16/h7-10,14-15,17-18H,3-6H2,1-2H3. The first-order valence-electron chi connectivity index (χ1n) is 6.98. The Labute approximate surface area is 118 Å². The summed E-state index contributed by atoms with van der Waals surface area (Å²) in [6.45, 7) is 4.17. The van der Waals surface area contributed by atoms with E-state index in [9.17, 15) is 9.50 Å². The summed E-state index contributed by atoms with van der Waals surface area (Å²) in [7, 11) is 0. The van der Waals surface area contributed by atoms with Crippen LogP contribution in [-0.2, 0) is 0 Å². The maximum atomic E-state index is 13.8. The molecule has 0 spiro atoms. The molecule has 1 aromatic carbocycles. The van der Waals surface area contributed by atoms with Crippen molar-refractivity contribution < 1.29 is 9.50 Å². The summed E-state index contributed by atoms with van der Waals surface area (Å²) in [5.41, 5.74) is 0.630. The average Bonchev–Trinajstić information content (AvgIpc) is 2.77. The lowest BCUT2D eigenvalue weighted by atomic mass is 10.1. The van der Waals surface area contributed by atoms with Crippen molar-refractivity contribution in [3.05, 3.63) is 29.6 Å². The third kappa shape index (κ3) is 3.63. The molecule has 4 heteroatoms. The highest BCUT2D eigenvalue weighted by molar-refractivity contribution is 7.99. The normalized spacial score (nSPS) is 24.6. The second-order valence-electron chi connectivity index (χ2n) is 5.13. The van der Waals surface area contributed by atoms with Gasteiger partial charge < -0.3 is 10.4 Å². The third-order valence-electron chi connectivity index (χ3n) is 3.75. The predicted molar refractivity (Wildman–Crippen MR) is 79.2 cm³/mol. The smallest absolute Gasteiger partial charge is 0.131 e. The number of thioether (sulfide) groups is 1. The van der Waals surface area contributed by atoms with Gasteiger partial charge in [-0.2, -0.15) is 11.8 Å². The predicted octanol–water partition coefficient (Wildman–Crippen LogP) is 3.86. The minimum absolute atomic E-state index is 0.0197. The van der Waals surface area contributed by atoms with E-state index in [0.29, 0.717) is 16.9 Å². The molecule has 1 aliphatic carbocycles. The second kappa shape index (κ2) is 6.62. The Morgan fingerprint density at radius 3 is 2.95 bits per heavy atom. The fourth-order valence-electron chi connectivity index (χ4n) is 2.81. The van der Waals surface area contributed by atoms with Crippen LogP contribution in [0.1, 0.15) is 44.7 Å². The van der Waals surface area contributed by atoms with Crippen LogP contribution in [0.3, 0.4) is 0 Å². The van der Waals surface area contributed by atoms with Crippen LogP contribution in [0.5, 0.6) is 5.75 Å². The lowest BCUT2D eigenvalue weighted by Crippen LogP contribution is -2.36. The van der Waals surface area contributed by atoms with Gasteiger partial charge in [0.25, 0.3) is 0 Å². The number of aromatic hydroxyl groups is 1. The van der Waals surface area contributed by atoms with Crippen LogP contribution in [0.25, 0.3) is 0 Å². The number of benzene rings is 1. The van der Waals surface area contributed by atoms with E-state index in [1.54, 1.807) is 12.1 Å². The first kappa shape index (κ1) is 14.7. The number of rotatable bonds is 5. The van der Waals surface area contributed by atoms with Gasteiger partial charge >= 0.3 is 0 Å². The van der Waals surface area contributed by atoms with Gasteiger partial charge in [-0.1, -0.05) is 19.4 Å². The topological polar surface area (TPSA) is 32.3 Å². The molecule has 0 amide bonds. The van der Waals surface area contributed by atoms with E-state index in [1.165, 1.54) is 25.3 Å². The van der Waals surface area contributed by atoms with Crippen LogP contribution in [-0.4, -0.2) is 22.2 Å². The van der Waals surface area contributed by atoms with Gasteiger partial charge in [0.1, 0.15) is 11.6 Å². The number of hydrogen-bond donors (Lipinski definition) is 2. The molecule has 2 nitrogen and oxygen atoms in total. The molecule has 2 rings (SSSR count). The Balaban J connectivity index is 2.02. The summed E-state index contributed by atoms with van der Waals surface area (Å²) in [6.07, 6.45) is 3.67. The highest BCUT2D eigenvalue weighted by atomic mass is 32.2. The van der Waals surface area contributed by atoms with Crippen LogP contribution >= 0.6 is 11.8 Å². The number of phenols is 1. The minimum Gasteiger partial charge on any atom is -0.508 e. The maximum absolute atomic E-state index is 13.8. The minimum atomic E-state index is -0.335. The van der Waals surface area contributed by atoms with Crippen LogP contribution in [0.2, 0.25) is 0 Å². The lowest BCUT2D eigenvalue weighted by molar-refractivity contribution is 0.443. The summed E-state index contributed by atoms with van der Waals surface area (Å²) in [4.78, 5) is 0. The van der Waals surface area contributed by atoms with Crippen molar-refractivity contribution in [2.24, 2.45) is 0 Å². The SMILES string of the molecule is CCSC1CCCC1NC(C)c1ccc(O)cc1F. The van der Waals surface area contributed by atoms with Crippen LogP contribution in [0, 0.1) is 5.82 Å². The van der Waals surface area contributed by atoms with Crippen LogP contribution in [0.15, 0.2) is 18.2 Å². The van der Waals surface area contributed by atoms with Crippen molar-refractivity contribution in [1.29, 1.82) is 0 Å². The third-order valence-corrected chi connectivity index (χ3v) is 5.07. The highest BCUT2D eigenvalue weighted by Gasteiger charge is 2.28. The molecular weight excluding hydrogens is 261 g/mol. The van der Waals surface area contributed by atoms with E-state index in [4.69, 9.17) is 0 Å². The maximum Gasteiger partial charge on any atom is 0.131 e. The van der Waals surface area contributed by atoms with Crippen LogP contribution in [0.4, 0.5) is 4.39 Å². The van der Waals surface area contributed by atoms with Gasteiger partial charge in [0.2, 0.25) is 0 Å². The van der Waals surface area contributed by atoms with Gasteiger partial charge in [-0.25, -0.2) is 4.39 Å². The molecule has 1 aliphatic rings. The van der Waals surface area contributed by atoms with Crippen molar-refractivity contribution in [1.82, 2.24) is 5.32 Å². The Hall–Kier alpha value is -0.740. The van der Waals surface area contributed by atoms with Crippen molar-refractivity contribution >= 4 is 11.8 Å². The van der Waals surface area contributed by atoms with Gasteiger partial charge in [-0.15, -0.1) is 0 Å². The molecule has 2 N–H and O–H groups in total. The number of hydrogen-bond acceptors (Lipinski definition) is 3. The molecular formula is C15H22FNOS. The van der Waals surface area contributed by atoms with Crippen molar-refractivity contribution in [2.45, 2.75) is 50.4 Å². The summed E-state index contributed by atoms with van der Waals surface area (Å²) < 4.78 is 13.8. The van der Waals surface area contributed by atoms with E-state index in [1.807, 2.05) is 18.7 Å². The molecule has 0 aliphatic heterocycles. The fraction of sp³-hybridized carbons (Fsp3) is 0.600. The molecule has 0 aromatic heterocycles. The fourth-order valence-corrected chi connectivity index (χ4v) is 4.02. The molecule has 19 heavy (non-hydrogen) atoms. The van der Waals surface area contributed by atoms with Crippen LogP contribution < -0.4 is 5.32 Å². The van der Waals surface area contributed by atoms with E-state index >= 15 is 0 Å². The van der Waals surface area contributed by atoms with Gasteiger partial charge in [0.15, 0.2) is 0 Å². The Morgan fingerprint density at radius 2 is 2.26 bits per heavy atom. The van der Waals surface area contributed by atoms with Gasteiger partial charge in [-0.3, -0.25) is 0 Å². The lowest BCUT2D eigenvalue weighted by Gasteiger charge is -2.25. The molecule has 106 valence electrons. The molecule has 0 bridgehead atoms. The number of phenolic OH excluding ortho intramolecular Hbond substituents is 1. The monoisotopic (exact) mass is 283 g/mol. The quantitative estimate of drug-likeness (QED) is 0.860. The Kier molecular flexibility index (Phi) is 5.11. The zero-order chi connectivity index (χ0) is 13.8. The van der Waals surface area contributed by atoms with Gasteiger partial charge in [-0.05, 0) is 31.6 Å².